The molecular weight excluding hydrogens is 457 g/mol. The van der Waals surface area contributed by atoms with Gasteiger partial charge in [-0.05, 0) is 67.6 Å². The van der Waals surface area contributed by atoms with Crippen molar-refractivity contribution in [2.45, 2.75) is 52.6 Å². The van der Waals surface area contributed by atoms with Gasteiger partial charge in [-0.2, -0.15) is 0 Å². The minimum absolute atomic E-state index is 0.0610. The quantitative estimate of drug-likeness (QED) is 0.521. The molecule has 0 radical (unpaired) electrons. The summed E-state index contributed by atoms with van der Waals surface area (Å²) in [6.07, 6.45) is 1.89. The summed E-state index contributed by atoms with van der Waals surface area (Å²) in [6.45, 7) is 5.90. The number of hydrogen-bond donors (Lipinski definition) is 1. The van der Waals surface area contributed by atoms with Crippen LogP contribution in [0.15, 0.2) is 42.5 Å². The number of nitrogens with zero attached hydrogens (tertiary/aromatic N) is 2. The summed E-state index contributed by atoms with van der Waals surface area (Å²) in [6, 6.07) is 10.7. The number of likely N-dealkylation sites (N-methyl/N-ethyl adjacent to an activating group) is 1. The highest BCUT2D eigenvalue weighted by Gasteiger charge is 2.28. The molecule has 2 amide bonds. The van der Waals surface area contributed by atoms with E-state index in [9.17, 15) is 22.4 Å². The standard InChI is InChI=1S/C25H34FN3O4S/c1-6-23(25(31)27-4)28(17-20-9-11-21(26)12-10-20)24(30)8-7-13-29(34(5,32)33)22-15-18(2)14-19(3)16-22/h9-12,14-16,23H,6-8,13,17H2,1-5H3,(H,27,31). The Kier molecular flexibility index (Phi) is 9.61. The van der Waals surface area contributed by atoms with Gasteiger partial charge >= 0.3 is 0 Å². The van der Waals surface area contributed by atoms with Gasteiger partial charge in [0.1, 0.15) is 11.9 Å². The Balaban J connectivity index is 2.20. The SMILES string of the molecule is CCC(C(=O)NC)N(Cc1ccc(F)cc1)C(=O)CCCN(c1cc(C)cc(C)c1)S(C)(=O)=O. The summed E-state index contributed by atoms with van der Waals surface area (Å²) in [5, 5.41) is 2.59. The first-order chi connectivity index (χ1) is 16.0. The second kappa shape index (κ2) is 12.0. The predicted molar refractivity (Wildman–Crippen MR) is 132 cm³/mol. The molecule has 186 valence electrons. The molecule has 1 N–H and O–H groups in total. The Morgan fingerprint density at radius 3 is 2.15 bits per heavy atom. The number of carbonyl (C=O) groups is 2. The zero-order valence-electron chi connectivity index (χ0n) is 20.5. The van der Waals surface area contributed by atoms with E-state index in [1.165, 1.54) is 28.4 Å². The Labute approximate surface area is 202 Å². The van der Waals surface area contributed by atoms with E-state index in [0.717, 1.165) is 17.4 Å². The van der Waals surface area contributed by atoms with Gasteiger partial charge in [0, 0.05) is 26.6 Å². The third-order valence-electron chi connectivity index (χ3n) is 5.55. The molecular formula is C25H34FN3O4S. The molecule has 0 bridgehead atoms. The van der Waals surface area contributed by atoms with Crippen LogP contribution in [0.2, 0.25) is 0 Å². The number of aryl methyl sites for hydroxylation is 2. The number of nitrogens with one attached hydrogen (secondary N) is 1. The number of sulfonamides is 1. The van der Waals surface area contributed by atoms with Gasteiger partial charge < -0.3 is 10.2 Å². The van der Waals surface area contributed by atoms with Crippen molar-refractivity contribution in [1.29, 1.82) is 0 Å². The van der Waals surface area contributed by atoms with Crippen molar-refractivity contribution in [2.75, 3.05) is 24.2 Å². The van der Waals surface area contributed by atoms with Crippen molar-refractivity contribution in [1.82, 2.24) is 10.2 Å². The van der Waals surface area contributed by atoms with Crippen LogP contribution < -0.4 is 9.62 Å². The highest BCUT2D eigenvalue weighted by molar-refractivity contribution is 7.92. The van der Waals surface area contributed by atoms with Gasteiger partial charge in [-0.3, -0.25) is 13.9 Å². The van der Waals surface area contributed by atoms with Gasteiger partial charge in [0.15, 0.2) is 0 Å². The smallest absolute Gasteiger partial charge is 0.242 e. The normalized spacial score (nSPS) is 12.2. The summed E-state index contributed by atoms with van der Waals surface area (Å²) >= 11 is 0. The van der Waals surface area contributed by atoms with E-state index in [1.807, 2.05) is 26.8 Å². The lowest BCUT2D eigenvalue weighted by molar-refractivity contribution is -0.141. The van der Waals surface area contributed by atoms with Crippen LogP contribution in [-0.2, 0) is 26.2 Å². The fraction of sp³-hybridized carbons (Fsp3) is 0.440. The average Bonchev–Trinajstić information content (AvgIpc) is 2.75. The molecule has 0 aliphatic carbocycles. The predicted octanol–water partition coefficient (Wildman–Crippen LogP) is 3.54. The lowest BCUT2D eigenvalue weighted by Gasteiger charge is -2.31. The fourth-order valence-corrected chi connectivity index (χ4v) is 4.92. The van der Waals surface area contributed by atoms with Crippen LogP contribution in [0.1, 0.15) is 42.9 Å². The molecule has 9 heteroatoms. The summed E-state index contributed by atoms with van der Waals surface area (Å²) in [4.78, 5) is 27.1. The first kappa shape index (κ1) is 27.3. The average molecular weight is 492 g/mol. The van der Waals surface area contributed by atoms with Crippen molar-refractivity contribution in [3.05, 3.63) is 65.0 Å². The van der Waals surface area contributed by atoms with Gasteiger partial charge in [-0.1, -0.05) is 25.1 Å². The zero-order valence-corrected chi connectivity index (χ0v) is 21.3. The number of benzene rings is 2. The second-order valence-electron chi connectivity index (χ2n) is 8.47. The molecule has 2 aromatic carbocycles. The minimum atomic E-state index is -3.55. The van der Waals surface area contributed by atoms with E-state index in [1.54, 1.807) is 24.3 Å². The monoisotopic (exact) mass is 491 g/mol. The highest BCUT2D eigenvalue weighted by atomic mass is 32.2. The Morgan fingerprint density at radius 2 is 1.65 bits per heavy atom. The molecule has 2 rings (SSSR count). The molecule has 7 nitrogen and oxygen atoms in total. The highest BCUT2D eigenvalue weighted by Crippen LogP contribution is 2.22. The molecule has 0 heterocycles. The third kappa shape index (κ3) is 7.55. The molecule has 34 heavy (non-hydrogen) atoms. The van der Waals surface area contributed by atoms with Crippen LogP contribution in [-0.4, -0.2) is 51.0 Å². The van der Waals surface area contributed by atoms with E-state index >= 15 is 0 Å². The summed E-state index contributed by atoms with van der Waals surface area (Å²) < 4.78 is 39.6. The summed E-state index contributed by atoms with van der Waals surface area (Å²) in [5.41, 5.74) is 3.15. The van der Waals surface area contributed by atoms with Gasteiger partial charge in [0.05, 0.1) is 11.9 Å². The molecule has 0 saturated heterocycles. The van der Waals surface area contributed by atoms with Crippen LogP contribution in [0.25, 0.3) is 0 Å². The fourth-order valence-electron chi connectivity index (χ4n) is 3.97. The van der Waals surface area contributed by atoms with E-state index < -0.39 is 16.1 Å². The second-order valence-corrected chi connectivity index (χ2v) is 10.4. The molecule has 0 spiro atoms. The van der Waals surface area contributed by atoms with E-state index in [2.05, 4.69) is 5.32 Å². The lowest BCUT2D eigenvalue weighted by atomic mass is 10.1. The number of hydrogen-bond acceptors (Lipinski definition) is 4. The van der Waals surface area contributed by atoms with E-state index in [0.29, 0.717) is 17.7 Å². The maximum absolute atomic E-state index is 13.3. The van der Waals surface area contributed by atoms with Crippen molar-refractivity contribution < 1.29 is 22.4 Å². The van der Waals surface area contributed by atoms with Gasteiger partial charge in [0.2, 0.25) is 21.8 Å². The zero-order chi connectivity index (χ0) is 25.5. The molecule has 0 aliphatic heterocycles. The van der Waals surface area contributed by atoms with Gasteiger partial charge in [0.25, 0.3) is 0 Å². The third-order valence-corrected chi connectivity index (χ3v) is 6.74. The molecule has 2 aromatic rings. The minimum Gasteiger partial charge on any atom is -0.357 e. The molecule has 0 aromatic heterocycles. The first-order valence-corrected chi connectivity index (χ1v) is 13.1. The molecule has 0 fully saturated rings. The molecule has 1 atom stereocenters. The van der Waals surface area contributed by atoms with Crippen LogP contribution >= 0.6 is 0 Å². The molecule has 0 aliphatic rings. The molecule has 1 unspecified atom stereocenters. The topological polar surface area (TPSA) is 86.8 Å². The van der Waals surface area contributed by atoms with Crippen molar-refractivity contribution >= 4 is 27.5 Å². The number of anilines is 1. The van der Waals surface area contributed by atoms with Crippen LogP contribution in [0.3, 0.4) is 0 Å². The largest absolute Gasteiger partial charge is 0.357 e. The van der Waals surface area contributed by atoms with Gasteiger partial charge in [-0.25, -0.2) is 12.8 Å². The lowest BCUT2D eigenvalue weighted by Crippen LogP contribution is -2.48. The van der Waals surface area contributed by atoms with E-state index in [4.69, 9.17) is 0 Å². The number of halogens is 1. The Morgan fingerprint density at radius 1 is 1.06 bits per heavy atom. The van der Waals surface area contributed by atoms with Gasteiger partial charge in [-0.15, -0.1) is 0 Å². The van der Waals surface area contributed by atoms with Crippen LogP contribution in [0.5, 0.6) is 0 Å². The first-order valence-electron chi connectivity index (χ1n) is 11.3. The Bertz CT molecular complexity index is 1080. The van der Waals surface area contributed by atoms with Crippen LogP contribution in [0, 0.1) is 19.7 Å². The van der Waals surface area contributed by atoms with Crippen molar-refractivity contribution in [3.63, 3.8) is 0 Å². The Hall–Kier alpha value is -2.94. The number of amides is 2. The van der Waals surface area contributed by atoms with Crippen LogP contribution in [0.4, 0.5) is 10.1 Å². The molecule has 0 saturated carbocycles. The maximum atomic E-state index is 13.3. The number of carbonyl (C=O) groups excluding carboxylic acids is 2. The summed E-state index contributed by atoms with van der Waals surface area (Å²) in [5.74, 6) is -0.938. The van der Waals surface area contributed by atoms with Crippen molar-refractivity contribution in [3.8, 4) is 0 Å². The summed E-state index contributed by atoms with van der Waals surface area (Å²) in [7, 11) is -2.04. The van der Waals surface area contributed by atoms with Crippen molar-refractivity contribution in [2.24, 2.45) is 0 Å². The van der Waals surface area contributed by atoms with E-state index in [-0.39, 0.29) is 43.6 Å². The maximum Gasteiger partial charge on any atom is 0.242 e. The number of rotatable bonds is 11.